The van der Waals surface area contributed by atoms with E-state index < -0.39 is 0 Å². The van der Waals surface area contributed by atoms with Gasteiger partial charge in [0.25, 0.3) is 0 Å². The number of hydrogen-bond donors (Lipinski definition) is 0. The first-order chi connectivity index (χ1) is 8.58. The SMILES string of the molecule is Cc1cc(C)cc(Oc2cc(CCl)ccc2C)c1. The Balaban J connectivity index is 2.33. The minimum atomic E-state index is 0.503. The lowest BCUT2D eigenvalue weighted by Crippen LogP contribution is -1.91. The minimum absolute atomic E-state index is 0.503. The first kappa shape index (κ1) is 13.0. The van der Waals surface area contributed by atoms with Gasteiger partial charge in [-0.2, -0.15) is 0 Å². The Labute approximate surface area is 113 Å². The van der Waals surface area contributed by atoms with Crippen molar-refractivity contribution in [3.63, 3.8) is 0 Å². The summed E-state index contributed by atoms with van der Waals surface area (Å²) in [5, 5.41) is 0. The molecule has 2 aromatic carbocycles. The van der Waals surface area contributed by atoms with Gasteiger partial charge in [-0.15, -0.1) is 11.6 Å². The molecule has 0 aromatic heterocycles. The summed E-state index contributed by atoms with van der Waals surface area (Å²) in [7, 11) is 0. The Morgan fingerprint density at radius 1 is 0.944 bits per heavy atom. The van der Waals surface area contributed by atoms with Crippen molar-refractivity contribution in [2.75, 3.05) is 0 Å². The van der Waals surface area contributed by atoms with Crippen molar-refractivity contribution in [1.29, 1.82) is 0 Å². The standard InChI is InChI=1S/C16H17ClO/c1-11-6-12(2)8-15(7-11)18-16-9-14(10-17)5-4-13(16)3/h4-9H,10H2,1-3H3. The largest absolute Gasteiger partial charge is 0.457 e. The molecule has 2 heteroatoms. The van der Waals surface area contributed by atoms with E-state index in [0.717, 1.165) is 22.6 Å². The van der Waals surface area contributed by atoms with E-state index >= 15 is 0 Å². The third-order valence-corrected chi connectivity index (χ3v) is 3.14. The van der Waals surface area contributed by atoms with Crippen LogP contribution in [0.2, 0.25) is 0 Å². The summed E-state index contributed by atoms with van der Waals surface area (Å²) in [6.45, 7) is 6.18. The van der Waals surface area contributed by atoms with Crippen molar-refractivity contribution in [1.82, 2.24) is 0 Å². The van der Waals surface area contributed by atoms with Gasteiger partial charge in [-0.3, -0.25) is 0 Å². The molecular weight excluding hydrogens is 244 g/mol. The van der Waals surface area contributed by atoms with Gasteiger partial charge in [0.05, 0.1) is 0 Å². The van der Waals surface area contributed by atoms with Crippen LogP contribution in [0.4, 0.5) is 0 Å². The fourth-order valence-corrected chi connectivity index (χ4v) is 2.12. The lowest BCUT2D eigenvalue weighted by atomic mass is 10.1. The van der Waals surface area contributed by atoms with Crippen LogP contribution < -0.4 is 4.74 Å². The molecule has 0 heterocycles. The topological polar surface area (TPSA) is 9.23 Å². The van der Waals surface area contributed by atoms with E-state index in [1.807, 2.05) is 37.3 Å². The van der Waals surface area contributed by atoms with Crippen LogP contribution in [0.3, 0.4) is 0 Å². The van der Waals surface area contributed by atoms with Crippen molar-refractivity contribution in [2.24, 2.45) is 0 Å². The predicted molar refractivity (Wildman–Crippen MR) is 76.7 cm³/mol. The molecular formula is C16H17ClO. The van der Waals surface area contributed by atoms with Gasteiger partial charge in [-0.1, -0.05) is 18.2 Å². The van der Waals surface area contributed by atoms with Gasteiger partial charge < -0.3 is 4.74 Å². The molecule has 0 saturated carbocycles. The number of alkyl halides is 1. The van der Waals surface area contributed by atoms with Gasteiger partial charge in [0, 0.05) is 5.88 Å². The van der Waals surface area contributed by atoms with Gasteiger partial charge in [0.1, 0.15) is 11.5 Å². The number of rotatable bonds is 3. The molecule has 0 spiro atoms. The van der Waals surface area contributed by atoms with Crippen LogP contribution in [0, 0.1) is 20.8 Å². The Hall–Kier alpha value is -1.47. The highest BCUT2D eigenvalue weighted by molar-refractivity contribution is 6.17. The minimum Gasteiger partial charge on any atom is -0.457 e. The third-order valence-electron chi connectivity index (χ3n) is 2.83. The molecule has 0 aliphatic carbocycles. The van der Waals surface area contributed by atoms with Gasteiger partial charge >= 0.3 is 0 Å². The van der Waals surface area contributed by atoms with E-state index in [2.05, 4.69) is 19.9 Å². The van der Waals surface area contributed by atoms with E-state index in [1.165, 1.54) is 11.1 Å². The summed E-state index contributed by atoms with van der Waals surface area (Å²) >= 11 is 5.85. The highest BCUT2D eigenvalue weighted by atomic mass is 35.5. The Bertz CT molecular complexity index is 541. The molecule has 2 rings (SSSR count). The molecule has 0 radical (unpaired) electrons. The van der Waals surface area contributed by atoms with Gasteiger partial charge in [-0.05, 0) is 61.2 Å². The lowest BCUT2D eigenvalue weighted by molar-refractivity contribution is 0.477. The predicted octanol–water partition coefficient (Wildman–Crippen LogP) is 5.14. The zero-order chi connectivity index (χ0) is 13.1. The van der Waals surface area contributed by atoms with E-state index in [4.69, 9.17) is 16.3 Å². The average molecular weight is 261 g/mol. The van der Waals surface area contributed by atoms with Crippen molar-refractivity contribution >= 4 is 11.6 Å². The van der Waals surface area contributed by atoms with Crippen molar-refractivity contribution in [3.05, 3.63) is 58.7 Å². The molecule has 0 bridgehead atoms. The van der Waals surface area contributed by atoms with E-state index in [-0.39, 0.29) is 0 Å². The molecule has 0 saturated heterocycles. The van der Waals surface area contributed by atoms with Crippen LogP contribution in [0.15, 0.2) is 36.4 Å². The molecule has 0 aliphatic heterocycles. The average Bonchev–Trinajstić information content (AvgIpc) is 2.30. The fourth-order valence-electron chi connectivity index (χ4n) is 1.96. The Morgan fingerprint density at radius 2 is 1.61 bits per heavy atom. The maximum absolute atomic E-state index is 5.95. The van der Waals surface area contributed by atoms with E-state index in [1.54, 1.807) is 0 Å². The van der Waals surface area contributed by atoms with Crippen LogP contribution in [0.1, 0.15) is 22.3 Å². The van der Waals surface area contributed by atoms with Crippen LogP contribution in [0.25, 0.3) is 0 Å². The molecule has 0 amide bonds. The zero-order valence-electron chi connectivity index (χ0n) is 11.0. The number of benzene rings is 2. The zero-order valence-corrected chi connectivity index (χ0v) is 11.7. The highest BCUT2D eigenvalue weighted by Gasteiger charge is 2.04. The molecule has 0 fully saturated rings. The molecule has 0 unspecified atom stereocenters. The van der Waals surface area contributed by atoms with Gasteiger partial charge in [0.15, 0.2) is 0 Å². The summed E-state index contributed by atoms with van der Waals surface area (Å²) in [5.74, 6) is 2.25. The smallest absolute Gasteiger partial charge is 0.130 e. The third kappa shape index (κ3) is 3.05. The first-order valence-electron chi connectivity index (χ1n) is 6.00. The highest BCUT2D eigenvalue weighted by Crippen LogP contribution is 2.28. The summed E-state index contributed by atoms with van der Waals surface area (Å²) in [6.07, 6.45) is 0. The maximum Gasteiger partial charge on any atom is 0.130 e. The van der Waals surface area contributed by atoms with Crippen molar-refractivity contribution in [3.8, 4) is 11.5 Å². The molecule has 0 aliphatic rings. The maximum atomic E-state index is 5.95. The number of halogens is 1. The summed E-state index contributed by atoms with van der Waals surface area (Å²) < 4.78 is 5.95. The normalized spacial score (nSPS) is 10.4. The van der Waals surface area contributed by atoms with Crippen LogP contribution >= 0.6 is 11.6 Å². The Kier molecular flexibility index (Phi) is 3.93. The molecule has 1 nitrogen and oxygen atoms in total. The molecule has 0 N–H and O–H groups in total. The summed E-state index contributed by atoms with van der Waals surface area (Å²) in [5.41, 5.74) is 4.59. The molecule has 0 atom stereocenters. The summed E-state index contributed by atoms with van der Waals surface area (Å²) in [4.78, 5) is 0. The lowest BCUT2D eigenvalue weighted by Gasteiger charge is -2.11. The van der Waals surface area contributed by atoms with E-state index in [0.29, 0.717) is 5.88 Å². The van der Waals surface area contributed by atoms with Crippen LogP contribution in [0.5, 0.6) is 11.5 Å². The number of hydrogen-bond acceptors (Lipinski definition) is 1. The quantitative estimate of drug-likeness (QED) is 0.694. The van der Waals surface area contributed by atoms with Gasteiger partial charge in [0.2, 0.25) is 0 Å². The second-order valence-electron chi connectivity index (χ2n) is 4.66. The monoisotopic (exact) mass is 260 g/mol. The Morgan fingerprint density at radius 3 is 2.22 bits per heavy atom. The molecule has 18 heavy (non-hydrogen) atoms. The van der Waals surface area contributed by atoms with Crippen molar-refractivity contribution < 1.29 is 4.74 Å². The van der Waals surface area contributed by atoms with Crippen LogP contribution in [-0.2, 0) is 5.88 Å². The fraction of sp³-hybridized carbons (Fsp3) is 0.250. The molecule has 94 valence electrons. The first-order valence-corrected chi connectivity index (χ1v) is 6.53. The second kappa shape index (κ2) is 5.45. The number of aryl methyl sites for hydroxylation is 3. The number of ether oxygens (including phenoxy) is 1. The van der Waals surface area contributed by atoms with E-state index in [9.17, 15) is 0 Å². The second-order valence-corrected chi connectivity index (χ2v) is 4.93. The van der Waals surface area contributed by atoms with Crippen molar-refractivity contribution in [2.45, 2.75) is 26.7 Å². The van der Waals surface area contributed by atoms with Crippen LogP contribution in [-0.4, -0.2) is 0 Å². The van der Waals surface area contributed by atoms with Gasteiger partial charge in [-0.25, -0.2) is 0 Å². The summed E-state index contributed by atoms with van der Waals surface area (Å²) in [6, 6.07) is 12.3. The molecule has 2 aromatic rings.